The van der Waals surface area contributed by atoms with Crippen LogP contribution in [0.2, 0.25) is 0 Å². The Balaban J connectivity index is 0.00000126. The molecule has 0 radical (unpaired) electrons. The van der Waals surface area contributed by atoms with Gasteiger partial charge in [0, 0.05) is 32.2 Å². The maximum Gasteiger partial charge on any atom is 0.332 e. The van der Waals surface area contributed by atoms with Crippen molar-refractivity contribution in [2.45, 2.75) is 39.3 Å². The van der Waals surface area contributed by atoms with E-state index in [1.165, 1.54) is 13.1 Å². The molecule has 0 aliphatic carbocycles. The highest BCUT2D eigenvalue weighted by Gasteiger charge is 2.22. The lowest BCUT2D eigenvalue weighted by Crippen LogP contribution is -2.47. The Kier molecular flexibility index (Phi) is 6.97. The molecule has 0 saturated carbocycles. The summed E-state index contributed by atoms with van der Waals surface area (Å²) in [4.78, 5) is 26.9. The van der Waals surface area contributed by atoms with E-state index in [4.69, 9.17) is 5.73 Å². The molecule has 1 fully saturated rings. The van der Waals surface area contributed by atoms with Gasteiger partial charge in [0.25, 0.3) is 5.56 Å². The Morgan fingerprint density at radius 3 is 2.63 bits per heavy atom. The molecule has 7 nitrogen and oxygen atoms in total. The van der Waals surface area contributed by atoms with E-state index in [1.807, 2.05) is 30.9 Å². The second-order valence-electron chi connectivity index (χ2n) is 6.39. The van der Waals surface area contributed by atoms with Crippen molar-refractivity contribution in [1.29, 1.82) is 5.26 Å². The molecule has 1 atom stereocenters. The zero-order valence-corrected chi connectivity index (χ0v) is 16.2. The summed E-state index contributed by atoms with van der Waals surface area (Å²) in [6.45, 7) is 5.59. The van der Waals surface area contributed by atoms with Crippen molar-refractivity contribution < 1.29 is 0 Å². The fraction of sp³-hybridized carbons (Fsp3) is 0.450. The average Bonchev–Trinajstić information content (AvgIpc) is 2.70. The minimum absolute atomic E-state index is 0.0211. The summed E-state index contributed by atoms with van der Waals surface area (Å²) < 4.78 is 2.64. The summed E-state index contributed by atoms with van der Waals surface area (Å²) in [5.41, 5.74) is 6.59. The van der Waals surface area contributed by atoms with E-state index in [9.17, 15) is 14.9 Å². The van der Waals surface area contributed by atoms with Gasteiger partial charge in [-0.1, -0.05) is 32.0 Å². The minimum Gasteiger partial charge on any atom is -0.356 e. The van der Waals surface area contributed by atoms with Crippen molar-refractivity contribution in [1.82, 2.24) is 9.13 Å². The molecule has 1 saturated heterocycles. The smallest absolute Gasteiger partial charge is 0.332 e. The summed E-state index contributed by atoms with van der Waals surface area (Å²) >= 11 is 0. The van der Waals surface area contributed by atoms with Crippen LogP contribution in [0.25, 0.3) is 0 Å². The molecule has 1 aliphatic rings. The van der Waals surface area contributed by atoms with Crippen molar-refractivity contribution in [3.05, 3.63) is 62.3 Å². The van der Waals surface area contributed by atoms with E-state index in [-0.39, 0.29) is 18.1 Å². The number of rotatable bonds is 3. The molecule has 3 rings (SSSR count). The van der Waals surface area contributed by atoms with Gasteiger partial charge in [-0.25, -0.2) is 4.79 Å². The highest BCUT2D eigenvalue weighted by molar-refractivity contribution is 5.42. The van der Waals surface area contributed by atoms with Gasteiger partial charge in [-0.3, -0.25) is 13.9 Å². The topological polar surface area (TPSA) is 97.1 Å². The summed E-state index contributed by atoms with van der Waals surface area (Å²) in [7, 11) is 1.46. The highest BCUT2D eigenvalue weighted by Crippen LogP contribution is 2.19. The number of hydrogen-bond donors (Lipinski definition) is 1. The highest BCUT2D eigenvalue weighted by atomic mass is 16.2. The lowest BCUT2D eigenvalue weighted by molar-refractivity contribution is 0.491. The second kappa shape index (κ2) is 9.19. The summed E-state index contributed by atoms with van der Waals surface area (Å²) in [5, 5.41) is 9.30. The van der Waals surface area contributed by atoms with Gasteiger partial charge in [-0.05, 0) is 24.5 Å². The third-order valence-corrected chi connectivity index (χ3v) is 4.63. The van der Waals surface area contributed by atoms with Crippen LogP contribution in [-0.4, -0.2) is 28.3 Å². The normalized spacial score (nSPS) is 16.3. The summed E-state index contributed by atoms with van der Waals surface area (Å²) in [5.74, 6) is 0.566. The van der Waals surface area contributed by atoms with Crippen LogP contribution in [0.5, 0.6) is 0 Å². The van der Waals surface area contributed by atoms with Crippen LogP contribution in [0.15, 0.2) is 39.9 Å². The first-order chi connectivity index (χ1) is 13.0. The summed E-state index contributed by atoms with van der Waals surface area (Å²) in [6.07, 6.45) is 1.85. The Bertz CT molecular complexity index is 939. The first kappa shape index (κ1) is 20.5. The molecule has 1 aliphatic heterocycles. The first-order valence-corrected chi connectivity index (χ1v) is 9.30. The third-order valence-electron chi connectivity index (χ3n) is 4.63. The molecular formula is C20H27N5O2. The van der Waals surface area contributed by atoms with E-state index in [0.717, 1.165) is 29.5 Å². The number of nitriles is 1. The standard InChI is InChI=1S/C18H21N5O2.C2H6/c1-21-17(24)9-16(22-8-4-7-15(20)12-22)23(18(21)25)11-14-6-3-2-5-13(14)10-19;1-2/h2-3,5-6,9,15H,4,7-8,11-12,20H2,1H3;1-2H3. The molecule has 7 heteroatoms. The van der Waals surface area contributed by atoms with E-state index in [0.29, 0.717) is 17.9 Å². The molecule has 144 valence electrons. The van der Waals surface area contributed by atoms with Crippen LogP contribution in [0.4, 0.5) is 5.82 Å². The lowest BCUT2D eigenvalue weighted by Gasteiger charge is -2.34. The molecule has 0 bridgehead atoms. The Hall–Kier alpha value is -2.85. The van der Waals surface area contributed by atoms with Gasteiger partial charge in [0.1, 0.15) is 5.82 Å². The van der Waals surface area contributed by atoms with E-state index >= 15 is 0 Å². The van der Waals surface area contributed by atoms with E-state index in [2.05, 4.69) is 6.07 Å². The molecule has 1 aromatic carbocycles. The number of aromatic nitrogens is 2. The van der Waals surface area contributed by atoms with Gasteiger partial charge in [0.05, 0.1) is 18.2 Å². The van der Waals surface area contributed by atoms with E-state index < -0.39 is 5.69 Å². The molecular weight excluding hydrogens is 342 g/mol. The van der Waals surface area contributed by atoms with Crippen LogP contribution >= 0.6 is 0 Å². The number of piperidine rings is 1. The zero-order valence-electron chi connectivity index (χ0n) is 16.2. The molecule has 2 heterocycles. The number of benzene rings is 1. The zero-order chi connectivity index (χ0) is 20.0. The minimum atomic E-state index is -0.394. The second-order valence-corrected chi connectivity index (χ2v) is 6.39. The largest absolute Gasteiger partial charge is 0.356 e. The van der Waals surface area contributed by atoms with Gasteiger partial charge in [0.2, 0.25) is 0 Å². The molecule has 0 spiro atoms. The van der Waals surface area contributed by atoms with Crippen molar-refractivity contribution in [2.75, 3.05) is 18.0 Å². The maximum absolute atomic E-state index is 12.7. The number of nitrogens with zero attached hydrogens (tertiary/aromatic N) is 4. The third kappa shape index (κ3) is 4.47. The van der Waals surface area contributed by atoms with Crippen LogP contribution in [-0.2, 0) is 13.6 Å². The Morgan fingerprint density at radius 1 is 1.26 bits per heavy atom. The Labute approximate surface area is 159 Å². The summed E-state index contributed by atoms with van der Waals surface area (Å²) in [6, 6.07) is 10.8. The van der Waals surface area contributed by atoms with Crippen molar-refractivity contribution in [3.63, 3.8) is 0 Å². The molecule has 2 N–H and O–H groups in total. The molecule has 2 aromatic rings. The van der Waals surface area contributed by atoms with Crippen LogP contribution in [0, 0.1) is 11.3 Å². The molecule has 27 heavy (non-hydrogen) atoms. The quantitative estimate of drug-likeness (QED) is 0.882. The maximum atomic E-state index is 12.7. The predicted octanol–water partition coefficient (Wildman–Crippen LogP) is 1.42. The van der Waals surface area contributed by atoms with Crippen molar-refractivity contribution >= 4 is 5.82 Å². The van der Waals surface area contributed by atoms with Crippen molar-refractivity contribution in [2.24, 2.45) is 12.8 Å². The average molecular weight is 369 g/mol. The molecule has 0 amide bonds. The molecule has 1 aromatic heterocycles. The lowest BCUT2D eigenvalue weighted by atomic mass is 10.1. The molecule has 1 unspecified atom stereocenters. The van der Waals surface area contributed by atoms with Gasteiger partial charge in [0.15, 0.2) is 0 Å². The van der Waals surface area contributed by atoms with E-state index in [1.54, 1.807) is 16.7 Å². The fourth-order valence-corrected chi connectivity index (χ4v) is 3.22. The van der Waals surface area contributed by atoms with Gasteiger partial charge >= 0.3 is 5.69 Å². The monoisotopic (exact) mass is 369 g/mol. The number of hydrogen-bond acceptors (Lipinski definition) is 5. The predicted molar refractivity (Wildman–Crippen MR) is 107 cm³/mol. The van der Waals surface area contributed by atoms with Gasteiger partial charge < -0.3 is 10.6 Å². The van der Waals surface area contributed by atoms with Crippen LogP contribution in [0.3, 0.4) is 0 Å². The van der Waals surface area contributed by atoms with Gasteiger partial charge in [-0.2, -0.15) is 5.26 Å². The Morgan fingerprint density at radius 2 is 1.96 bits per heavy atom. The number of anilines is 1. The van der Waals surface area contributed by atoms with Crippen LogP contribution < -0.4 is 21.9 Å². The van der Waals surface area contributed by atoms with Crippen molar-refractivity contribution in [3.8, 4) is 6.07 Å². The number of nitrogens with two attached hydrogens (primary N) is 1. The van der Waals surface area contributed by atoms with Gasteiger partial charge in [-0.15, -0.1) is 0 Å². The first-order valence-electron chi connectivity index (χ1n) is 9.30. The SMILES string of the molecule is CC.Cn1c(=O)cc(N2CCCC(N)C2)n(Cc2ccccc2C#N)c1=O. The fourth-order valence-electron chi connectivity index (χ4n) is 3.22. The van der Waals surface area contributed by atoms with Crippen LogP contribution in [0.1, 0.15) is 37.8 Å².